The molecule has 1 nitrogen and oxygen atoms in total. The summed E-state index contributed by atoms with van der Waals surface area (Å²) >= 11 is 0. The van der Waals surface area contributed by atoms with Gasteiger partial charge < -0.3 is 5.11 Å². The molecule has 0 rings (SSSR count). The Morgan fingerprint density at radius 3 is 2.14 bits per heavy atom. The number of hydrogen-bond acceptors (Lipinski definition) is 1. The summed E-state index contributed by atoms with van der Waals surface area (Å²) in [5.74, 6) is 0. The minimum Gasteiger partial charge on any atom is -0.566 e. The van der Waals surface area contributed by atoms with Crippen LogP contribution in [-0.2, 0) is 0 Å². The maximum Gasteiger partial charge on any atom is 0 e. The summed E-state index contributed by atoms with van der Waals surface area (Å²) in [6.45, 7) is 4.42. The van der Waals surface area contributed by atoms with Gasteiger partial charge in [-0.05, 0) is 0 Å². The first kappa shape index (κ1) is 17.3. The summed E-state index contributed by atoms with van der Waals surface area (Å²) in [6.07, 6.45) is 2.21. The normalized spacial score (nSPS) is 5.29. The van der Waals surface area contributed by atoms with Crippen molar-refractivity contribution in [2.75, 3.05) is 0 Å². The predicted octanol–water partition coefficient (Wildman–Crippen LogP) is 1.73. The van der Waals surface area contributed by atoms with Gasteiger partial charge in [-0.15, -0.1) is 19.1 Å². The van der Waals surface area contributed by atoms with Gasteiger partial charge in [-0.2, -0.15) is 0 Å². The molecule has 0 saturated carbocycles. The Labute approximate surface area is 39.3 Å². The maximum absolute atomic E-state index is 7.87. The minimum absolute atomic E-state index is 0. The first-order valence-electron chi connectivity index (χ1n) is 1.48. The van der Waals surface area contributed by atoms with Crippen molar-refractivity contribution >= 4 is 0 Å². The van der Waals surface area contributed by atoms with E-state index < -0.39 is 0 Å². The molecule has 0 atom stereocenters. The SMILES string of the molecule is C.C=CC[CH-]O.[Rf]. The van der Waals surface area contributed by atoms with Crippen LogP contribution in [0, 0.1) is 6.61 Å². The van der Waals surface area contributed by atoms with Gasteiger partial charge in [0.2, 0.25) is 0 Å². The Morgan fingerprint density at radius 2 is 2.14 bits per heavy atom. The first-order valence-corrected chi connectivity index (χ1v) is 1.48. The summed E-state index contributed by atoms with van der Waals surface area (Å²) in [4.78, 5) is 0. The Morgan fingerprint density at radius 1 is 1.71 bits per heavy atom. The molecule has 0 aromatic heterocycles. The summed E-state index contributed by atoms with van der Waals surface area (Å²) < 4.78 is 0. The van der Waals surface area contributed by atoms with Crippen molar-refractivity contribution in [3.8, 4) is 0 Å². The maximum atomic E-state index is 7.87. The standard InChI is InChI=1S/C4H7O.CH4.Rf/c1-2-3-4-5;;/h2,4-5H,1,3H2;1H4;/q-1;;. The zero-order valence-corrected chi connectivity index (χ0v) is 10.1. The van der Waals surface area contributed by atoms with Crippen LogP contribution in [-0.4, -0.2) is 5.11 Å². The second-order valence-electron chi connectivity index (χ2n) is 0.707. The molecule has 0 amide bonds. The van der Waals surface area contributed by atoms with Crippen LogP contribution in [0.15, 0.2) is 12.7 Å². The van der Waals surface area contributed by atoms with E-state index in [4.69, 9.17) is 5.11 Å². The van der Waals surface area contributed by atoms with E-state index in [1.165, 1.54) is 0 Å². The van der Waals surface area contributed by atoms with Crippen LogP contribution < -0.4 is 0 Å². The molecular formula is C5H11ORf-. The molecule has 0 aliphatic rings. The number of rotatable bonds is 2. The van der Waals surface area contributed by atoms with Gasteiger partial charge >= 0.3 is 0 Å². The summed E-state index contributed by atoms with van der Waals surface area (Å²) in [6, 6.07) is 0. The molecule has 0 aliphatic carbocycles. The van der Waals surface area contributed by atoms with E-state index in [-0.39, 0.29) is 7.43 Å². The molecule has 0 radical (unpaired) electrons. The van der Waals surface area contributed by atoms with Crippen LogP contribution in [0.5, 0.6) is 0 Å². The third kappa shape index (κ3) is 69.9. The van der Waals surface area contributed by atoms with E-state index in [2.05, 4.69) is 6.58 Å². The summed E-state index contributed by atoms with van der Waals surface area (Å²) in [5.41, 5.74) is 0. The number of aliphatic hydroxyl groups excluding tert-OH is 1. The van der Waals surface area contributed by atoms with Gasteiger partial charge in [0, 0.05) is 0 Å². The van der Waals surface area contributed by atoms with Gasteiger partial charge in [-0.3, -0.25) is 0 Å². The largest absolute Gasteiger partial charge is 0.566 e. The van der Waals surface area contributed by atoms with Crippen molar-refractivity contribution in [2.45, 2.75) is 13.8 Å². The van der Waals surface area contributed by atoms with E-state index in [0.717, 1.165) is 6.61 Å². The van der Waals surface area contributed by atoms with Crippen molar-refractivity contribution in [3.63, 3.8) is 0 Å². The Balaban J connectivity index is -0.0000000800. The molecule has 0 unspecified atom stereocenters. The monoisotopic (exact) mass is 354 g/mol. The van der Waals surface area contributed by atoms with Gasteiger partial charge in [-0.25, -0.2) is 6.61 Å². The number of aliphatic hydroxyl groups is 1. The van der Waals surface area contributed by atoms with Gasteiger partial charge in [0.1, 0.15) is 0 Å². The molecule has 40 valence electrons. The smallest absolute Gasteiger partial charge is 0 e. The molecule has 0 aromatic carbocycles. The quantitative estimate of drug-likeness (QED) is 0.592. The van der Waals surface area contributed by atoms with Crippen LogP contribution in [0.3, 0.4) is 0 Å². The molecule has 0 fully saturated rings. The molecule has 0 aliphatic heterocycles. The fraction of sp³-hybridized carbons (Fsp3) is 0.400. The van der Waals surface area contributed by atoms with Crippen molar-refractivity contribution in [2.24, 2.45) is 0 Å². The van der Waals surface area contributed by atoms with Crippen molar-refractivity contribution in [1.29, 1.82) is 0 Å². The van der Waals surface area contributed by atoms with Crippen LogP contribution >= 0.6 is 0 Å². The van der Waals surface area contributed by atoms with E-state index >= 15 is 0 Å². The zero-order valence-electron chi connectivity index (χ0n) is 3.72. The van der Waals surface area contributed by atoms with Crippen molar-refractivity contribution in [3.05, 3.63) is 19.3 Å². The third-order valence-corrected chi connectivity index (χ3v) is 0.272. The van der Waals surface area contributed by atoms with E-state index in [1.54, 1.807) is 6.08 Å². The van der Waals surface area contributed by atoms with Crippen LogP contribution in [0.2, 0.25) is 0 Å². The molecule has 1 N–H and O–H groups in total. The summed E-state index contributed by atoms with van der Waals surface area (Å²) in [5, 5.41) is 7.87. The molecule has 2 heteroatoms. The second-order valence-corrected chi connectivity index (χ2v) is 0.707. The molecule has 0 aromatic rings. The minimum atomic E-state index is 0. The fourth-order valence-corrected chi connectivity index (χ4v) is 0.0745. The van der Waals surface area contributed by atoms with E-state index in [9.17, 15) is 0 Å². The molecule has 0 bridgehead atoms. The van der Waals surface area contributed by atoms with Gasteiger partial charge in [0.05, 0.1) is 0 Å². The average Bonchev–Trinajstić information content (AvgIpc) is 1.41. The van der Waals surface area contributed by atoms with Gasteiger partial charge in [0.15, 0.2) is 0 Å². The third-order valence-electron chi connectivity index (χ3n) is 0.272. The molecule has 7 heavy (non-hydrogen) atoms. The topological polar surface area (TPSA) is 20.2 Å². The average molecular weight is 354 g/mol. The molecule has 0 heterocycles. The predicted molar refractivity (Wildman–Crippen MR) is 27.8 cm³/mol. The first-order chi connectivity index (χ1) is 2.41. The van der Waals surface area contributed by atoms with Crippen LogP contribution in [0.4, 0.5) is 0 Å². The Hall–Kier alpha value is -1.30. The fourth-order valence-electron chi connectivity index (χ4n) is 0.0745. The van der Waals surface area contributed by atoms with Crippen LogP contribution in [0.1, 0.15) is 13.8 Å². The Kier molecular flexibility index (Phi) is 54.9. The second kappa shape index (κ2) is 22.3. The van der Waals surface area contributed by atoms with Crippen LogP contribution in [0.25, 0.3) is 0 Å². The molecule has 0 saturated heterocycles. The molecule has 0 spiro atoms. The van der Waals surface area contributed by atoms with Gasteiger partial charge in [-0.1, -0.05) is 7.43 Å². The van der Waals surface area contributed by atoms with Crippen molar-refractivity contribution < 1.29 is 5.11 Å². The zero-order chi connectivity index (χ0) is 4.12. The van der Waals surface area contributed by atoms with Crippen molar-refractivity contribution in [1.82, 2.24) is 0 Å². The van der Waals surface area contributed by atoms with E-state index in [0.29, 0.717) is 6.42 Å². The molecular weight excluding hydrogens is 343 g/mol. The number of hydrogen-bond donors (Lipinski definition) is 1. The van der Waals surface area contributed by atoms with Gasteiger partial charge in [0.25, 0.3) is 0 Å². The Bertz CT molecular complexity index is 29.3. The van der Waals surface area contributed by atoms with E-state index in [1.807, 2.05) is 0 Å². The summed E-state index contributed by atoms with van der Waals surface area (Å²) in [7, 11) is 0.